The molecule has 2 amide bonds. The molecule has 0 aliphatic carbocycles. The van der Waals surface area contributed by atoms with Gasteiger partial charge in [0.25, 0.3) is 0 Å². The maximum atomic E-state index is 11.8. The Bertz CT molecular complexity index is 503. The monoisotopic (exact) mass is 306 g/mol. The van der Waals surface area contributed by atoms with Crippen LogP contribution in [0.25, 0.3) is 0 Å². The second-order valence-electron chi connectivity index (χ2n) is 4.22. The summed E-state index contributed by atoms with van der Waals surface area (Å²) in [6, 6.07) is 1.17. The van der Waals surface area contributed by atoms with E-state index in [0.717, 1.165) is 10.5 Å². The first-order chi connectivity index (χ1) is 8.40. The molecule has 0 saturated carbocycles. The lowest BCUT2D eigenvalue weighted by atomic mass is 10.1. The zero-order valence-corrected chi connectivity index (χ0v) is 12.2. The van der Waals surface area contributed by atoms with E-state index in [2.05, 4.69) is 5.32 Å². The molecule has 2 unspecified atom stereocenters. The van der Waals surface area contributed by atoms with Crippen LogP contribution >= 0.6 is 34.5 Å². The van der Waals surface area contributed by atoms with Crippen molar-refractivity contribution in [1.82, 2.24) is 10.2 Å². The number of imide groups is 1. The molecule has 1 fully saturated rings. The van der Waals surface area contributed by atoms with Crippen LogP contribution in [-0.2, 0) is 9.59 Å². The quantitative estimate of drug-likeness (QED) is 0.873. The zero-order valence-electron chi connectivity index (χ0n) is 9.87. The van der Waals surface area contributed by atoms with Crippen molar-refractivity contribution in [2.75, 3.05) is 7.05 Å². The molecule has 0 radical (unpaired) electrons. The van der Waals surface area contributed by atoms with Gasteiger partial charge in [-0.2, -0.15) is 0 Å². The van der Waals surface area contributed by atoms with Crippen molar-refractivity contribution in [3.8, 4) is 0 Å². The highest BCUT2D eigenvalue weighted by molar-refractivity contribution is 7.20. The van der Waals surface area contributed by atoms with E-state index in [0.29, 0.717) is 8.67 Å². The first-order valence-corrected chi connectivity index (χ1v) is 6.98. The van der Waals surface area contributed by atoms with E-state index in [-0.39, 0.29) is 24.3 Å². The number of carbonyl (C=O) groups is 2. The fourth-order valence-corrected chi connectivity index (χ4v) is 3.57. The topological polar surface area (TPSA) is 49.4 Å². The third-order valence-electron chi connectivity index (χ3n) is 2.98. The molecular weight excluding hydrogens is 295 g/mol. The van der Waals surface area contributed by atoms with Crippen LogP contribution in [0, 0.1) is 0 Å². The van der Waals surface area contributed by atoms with Gasteiger partial charge in [-0.25, -0.2) is 0 Å². The van der Waals surface area contributed by atoms with E-state index in [4.69, 9.17) is 23.2 Å². The molecule has 2 rings (SSSR count). The van der Waals surface area contributed by atoms with Gasteiger partial charge in [-0.15, -0.1) is 11.3 Å². The molecule has 2 atom stereocenters. The van der Waals surface area contributed by atoms with Gasteiger partial charge in [-0.1, -0.05) is 23.2 Å². The molecule has 1 aromatic rings. The smallest absolute Gasteiger partial charge is 0.246 e. The molecular formula is C11H12Cl2N2O2S. The minimum Gasteiger partial charge on any atom is -0.299 e. The average molecular weight is 307 g/mol. The highest BCUT2D eigenvalue weighted by Gasteiger charge is 2.36. The Balaban J connectivity index is 2.09. The summed E-state index contributed by atoms with van der Waals surface area (Å²) >= 11 is 13.2. The molecule has 0 aromatic carbocycles. The Hall–Kier alpha value is -0.620. The molecule has 4 nitrogen and oxygen atoms in total. The minimum atomic E-state index is -0.479. The first kappa shape index (κ1) is 13.8. The molecule has 1 aliphatic heterocycles. The molecule has 0 bridgehead atoms. The molecule has 1 aliphatic rings. The Morgan fingerprint density at radius 2 is 2.17 bits per heavy atom. The number of amides is 2. The molecule has 1 N–H and O–H groups in total. The summed E-state index contributed by atoms with van der Waals surface area (Å²) < 4.78 is 1.21. The van der Waals surface area contributed by atoms with Crippen LogP contribution in [-0.4, -0.2) is 29.8 Å². The van der Waals surface area contributed by atoms with Crippen molar-refractivity contribution in [3.05, 3.63) is 20.3 Å². The Morgan fingerprint density at radius 1 is 1.50 bits per heavy atom. The summed E-state index contributed by atoms with van der Waals surface area (Å²) in [5.41, 5.74) is 0.849. The van der Waals surface area contributed by atoms with Gasteiger partial charge in [0, 0.05) is 13.1 Å². The SMILES string of the molecule is CC(NC1CC(=O)N(C)C1=O)c1cc(Cl)sc1Cl. The van der Waals surface area contributed by atoms with Crippen molar-refractivity contribution in [2.24, 2.45) is 0 Å². The Kier molecular flexibility index (Phi) is 3.96. The van der Waals surface area contributed by atoms with Crippen LogP contribution in [0.4, 0.5) is 0 Å². The van der Waals surface area contributed by atoms with E-state index in [1.165, 1.54) is 18.4 Å². The van der Waals surface area contributed by atoms with Crippen LogP contribution < -0.4 is 5.32 Å². The standard InChI is InChI=1S/C11H12Cl2N2O2S/c1-5(6-3-8(12)18-10(6)13)14-7-4-9(16)15(2)11(7)17/h3,5,7,14H,4H2,1-2H3. The van der Waals surface area contributed by atoms with Crippen LogP contribution in [0.3, 0.4) is 0 Å². The van der Waals surface area contributed by atoms with Crippen molar-refractivity contribution < 1.29 is 9.59 Å². The number of likely N-dealkylation sites (N-methyl/N-ethyl adjacent to an activating group) is 1. The molecule has 98 valence electrons. The van der Waals surface area contributed by atoms with E-state index < -0.39 is 6.04 Å². The number of nitrogens with one attached hydrogen (secondary N) is 1. The summed E-state index contributed by atoms with van der Waals surface area (Å²) in [6.07, 6.45) is 0.190. The summed E-state index contributed by atoms with van der Waals surface area (Å²) in [4.78, 5) is 24.3. The molecule has 1 saturated heterocycles. The van der Waals surface area contributed by atoms with Gasteiger partial charge < -0.3 is 0 Å². The summed E-state index contributed by atoms with van der Waals surface area (Å²) in [5, 5.41) is 3.11. The van der Waals surface area contributed by atoms with Crippen LogP contribution in [0.5, 0.6) is 0 Å². The molecule has 2 heterocycles. The number of thiophene rings is 1. The highest BCUT2D eigenvalue weighted by Crippen LogP contribution is 2.35. The van der Waals surface area contributed by atoms with Crippen LogP contribution in [0.15, 0.2) is 6.07 Å². The second kappa shape index (κ2) is 5.17. The third kappa shape index (κ3) is 2.54. The largest absolute Gasteiger partial charge is 0.299 e. The highest BCUT2D eigenvalue weighted by atomic mass is 35.5. The van der Waals surface area contributed by atoms with Crippen molar-refractivity contribution in [1.29, 1.82) is 0 Å². The Morgan fingerprint density at radius 3 is 2.61 bits per heavy atom. The van der Waals surface area contributed by atoms with Gasteiger partial charge in [-0.3, -0.25) is 19.8 Å². The van der Waals surface area contributed by atoms with Crippen molar-refractivity contribution in [3.63, 3.8) is 0 Å². The molecule has 0 spiro atoms. The predicted molar refractivity (Wildman–Crippen MR) is 72.1 cm³/mol. The van der Waals surface area contributed by atoms with E-state index >= 15 is 0 Å². The number of carbonyl (C=O) groups excluding carboxylic acids is 2. The van der Waals surface area contributed by atoms with Gasteiger partial charge >= 0.3 is 0 Å². The minimum absolute atomic E-state index is 0.130. The van der Waals surface area contributed by atoms with Crippen LogP contribution in [0.1, 0.15) is 24.9 Å². The predicted octanol–water partition coefficient (Wildman–Crippen LogP) is 2.46. The third-order valence-corrected chi connectivity index (χ3v) is 4.50. The maximum absolute atomic E-state index is 11.8. The number of hydrogen-bond donors (Lipinski definition) is 1. The summed E-state index contributed by atoms with van der Waals surface area (Å²) in [7, 11) is 1.49. The van der Waals surface area contributed by atoms with Gasteiger partial charge in [0.05, 0.1) is 21.1 Å². The van der Waals surface area contributed by atoms with E-state index in [1.807, 2.05) is 6.92 Å². The lowest BCUT2D eigenvalue weighted by Crippen LogP contribution is -2.38. The Labute approximate surface area is 119 Å². The lowest BCUT2D eigenvalue weighted by Gasteiger charge is -2.17. The molecule has 7 heteroatoms. The van der Waals surface area contributed by atoms with E-state index in [9.17, 15) is 9.59 Å². The molecule has 18 heavy (non-hydrogen) atoms. The number of rotatable bonds is 3. The first-order valence-electron chi connectivity index (χ1n) is 5.41. The average Bonchev–Trinajstić information content (AvgIpc) is 2.75. The molecule has 1 aromatic heterocycles. The van der Waals surface area contributed by atoms with Gasteiger partial charge in [-0.05, 0) is 18.6 Å². The fraction of sp³-hybridized carbons (Fsp3) is 0.455. The normalized spacial score (nSPS) is 21.8. The number of nitrogens with zero attached hydrogens (tertiary/aromatic N) is 1. The summed E-state index contributed by atoms with van der Waals surface area (Å²) in [5.74, 6) is -0.372. The fourth-order valence-electron chi connectivity index (χ4n) is 1.93. The lowest BCUT2D eigenvalue weighted by molar-refractivity contribution is -0.137. The van der Waals surface area contributed by atoms with Gasteiger partial charge in [0.15, 0.2) is 0 Å². The van der Waals surface area contributed by atoms with Crippen LogP contribution in [0.2, 0.25) is 8.67 Å². The maximum Gasteiger partial charge on any atom is 0.246 e. The number of halogens is 2. The number of likely N-dealkylation sites (tertiary alicyclic amines) is 1. The second-order valence-corrected chi connectivity index (χ2v) is 6.50. The van der Waals surface area contributed by atoms with E-state index in [1.54, 1.807) is 6.07 Å². The number of hydrogen-bond acceptors (Lipinski definition) is 4. The summed E-state index contributed by atoms with van der Waals surface area (Å²) in [6.45, 7) is 1.89. The van der Waals surface area contributed by atoms with Gasteiger partial charge in [0.2, 0.25) is 11.8 Å². The van der Waals surface area contributed by atoms with Crippen molar-refractivity contribution in [2.45, 2.75) is 25.4 Å². The van der Waals surface area contributed by atoms with Crippen molar-refractivity contribution >= 4 is 46.4 Å². The zero-order chi connectivity index (χ0) is 13.4. The van der Waals surface area contributed by atoms with Gasteiger partial charge in [0.1, 0.15) is 0 Å².